The Morgan fingerprint density at radius 2 is 1.57 bits per heavy atom. The monoisotopic (exact) mass is 347 g/mol. The highest BCUT2D eigenvalue weighted by atomic mass is 35.5. The van der Waals surface area contributed by atoms with Gasteiger partial charge in [0.1, 0.15) is 0 Å². The lowest BCUT2D eigenvalue weighted by molar-refractivity contribution is 0.814. The SMILES string of the molecule is CN(C)c1ccc(CNC(=S)NCCc2ccc(Cl)cc2)cc1. The van der Waals surface area contributed by atoms with E-state index < -0.39 is 0 Å². The molecule has 122 valence electrons. The zero-order chi connectivity index (χ0) is 16.7. The molecule has 0 amide bonds. The molecule has 0 saturated carbocycles. The normalized spacial score (nSPS) is 10.2. The molecule has 0 aliphatic heterocycles. The highest BCUT2D eigenvalue weighted by Gasteiger charge is 1.99. The summed E-state index contributed by atoms with van der Waals surface area (Å²) in [5.41, 5.74) is 3.64. The van der Waals surface area contributed by atoms with Gasteiger partial charge in [0, 0.05) is 37.9 Å². The molecule has 0 atom stereocenters. The van der Waals surface area contributed by atoms with Gasteiger partial charge in [-0.3, -0.25) is 0 Å². The van der Waals surface area contributed by atoms with Crippen LogP contribution in [0.5, 0.6) is 0 Å². The summed E-state index contributed by atoms with van der Waals surface area (Å²) >= 11 is 11.2. The maximum Gasteiger partial charge on any atom is 0.166 e. The lowest BCUT2D eigenvalue weighted by Crippen LogP contribution is -2.35. The fourth-order valence-electron chi connectivity index (χ4n) is 2.13. The number of anilines is 1. The molecule has 2 aromatic carbocycles. The molecule has 0 aliphatic carbocycles. The Hall–Kier alpha value is -1.78. The van der Waals surface area contributed by atoms with E-state index in [1.807, 2.05) is 38.4 Å². The van der Waals surface area contributed by atoms with Crippen molar-refractivity contribution in [3.05, 3.63) is 64.7 Å². The van der Waals surface area contributed by atoms with Gasteiger partial charge >= 0.3 is 0 Å². The highest BCUT2D eigenvalue weighted by Crippen LogP contribution is 2.12. The Morgan fingerprint density at radius 1 is 0.957 bits per heavy atom. The lowest BCUT2D eigenvalue weighted by Gasteiger charge is -2.14. The molecule has 0 heterocycles. The minimum absolute atomic E-state index is 0.677. The minimum atomic E-state index is 0.677. The molecule has 0 aromatic heterocycles. The molecule has 0 unspecified atom stereocenters. The van der Waals surface area contributed by atoms with Gasteiger partial charge in [-0.1, -0.05) is 35.9 Å². The van der Waals surface area contributed by atoms with Crippen molar-refractivity contribution in [2.24, 2.45) is 0 Å². The largest absolute Gasteiger partial charge is 0.378 e. The minimum Gasteiger partial charge on any atom is -0.378 e. The van der Waals surface area contributed by atoms with E-state index in [1.165, 1.54) is 16.8 Å². The summed E-state index contributed by atoms with van der Waals surface area (Å²) < 4.78 is 0. The Labute approximate surface area is 148 Å². The summed E-state index contributed by atoms with van der Waals surface area (Å²) in [5.74, 6) is 0. The van der Waals surface area contributed by atoms with Crippen LogP contribution in [0.3, 0.4) is 0 Å². The second kappa shape index (κ2) is 8.75. The summed E-state index contributed by atoms with van der Waals surface area (Å²) in [4.78, 5) is 2.08. The van der Waals surface area contributed by atoms with E-state index in [0.717, 1.165) is 24.5 Å². The molecule has 0 spiro atoms. The van der Waals surface area contributed by atoms with Gasteiger partial charge < -0.3 is 15.5 Å². The van der Waals surface area contributed by atoms with Crippen LogP contribution < -0.4 is 15.5 Å². The van der Waals surface area contributed by atoms with Crippen molar-refractivity contribution in [3.8, 4) is 0 Å². The van der Waals surface area contributed by atoms with Gasteiger partial charge in [-0.05, 0) is 54.0 Å². The van der Waals surface area contributed by atoms with Crippen molar-refractivity contribution < 1.29 is 0 Å². The molecule has 5 heteroatoms. The molecule has 0 aliphatic rings. The average Bonchev–Trinajstić information content (AvgIpc) is 2.55. The van der Waals surface area contributed by atoms with Crippen molar-refractivity contribution in [1.29, 1.82) is 0 Å². The van der Waals surface area contributed by atoms with Crippen LogP contribution in [0.1, 0.15) is 11.1 Å². The Bertz CT molecular complexity index is 624. The summed E-state index contributed by atoms with van der Waals surface area (Å²) in [6.07, 6.45) is 0.913. The van der Waals surface area contributed by atoms with Crippen molar-refractivity contribution in [1.82, 2.24) is 10.6 Å². The van der Waals surface area contributed by atoms with Crippen LogP contribution in [-0.4, -0.2) is 25.8 Å². The van der Waals surface area contributed by atoms with Crippen LogP contribution in [0.15, 0.2) is 48.5 Å². The van der Waals surface area contributed by atoms with E-state index in [0.29, 0.717) is 5.11 Å². The Morgan fingerprint density at radius 3 is 2.17 bits per heavy atom. The highest BCUT2D eigenvalue weighted by molar-refractivity contribution is 7.80. The van der Waals surface area contributed by atoms with Gasteiger partial charge in [0.25, 0.3) is 0 Å². The van der Waals surface area contributed by atoms with E-state index in [4.69, 9.17) is 23.8 Å². The summed E-state index contributed by atoms with van der Waals surface area (Å²) in [6.45, 7) is 1.52. The van der Waals surface area contributed by atoms with Gasteiger partial charge in [-0.2, -0.15) is 0 Å². The number of hydrogen-bond donors (Lipinski definition) is 2. The van der Waals surface area contributed by atoms with Crippen LogP contribution in [0.4, 0.5) is 5.69 Å². The lowest BCUT2D eigenvalue weighted by atomic mass is 10.1. The molecule has 3 nitrogen and oxygen atoms in total. The zero-order valence-electron chi connectivity index (χ0n) is 13.5. The maximum absolute atomic E-state index is 5.87. The van der Waals surface area contributed by atoms with E-state index in [1.54, 1.807) is 0 Å². The van der Waals surface area contributed by atoms with Gasteiger partial charge in [-0.25, -0.2) is 0 Å². The number of hydrogen-bond acceptors (Lipinski definition) is 2. The third-order valence-corrected chi connectivity index (χ3v) is 4.06. The quantitative estimate of drug-likeness (QED) is 0.780. The smallest absolute Gasteiger partial charge is 0.166 e. The summed E-state index contributed by atoms with van der Waals surface area (Å²) in [6, 6.07) is 16.3. The average molecular weight is 348 g/mol. The third kappa shape index (κ3) is 6.08. The first kappa shape index (κ1) is 17.6. The standard InChI is InChI=1S/C18H22ClN3S/c1-22(2)17-9-5-15(6-10-17)13-21-18(23)20-12-11-14-3-7-16(19)8-4-14/h3-10H,11-13H2,1-2H3,(H2,20,21,23). The maximum atomic E-state index is 5.87. The molecule has 2 aromatic rings. The number of nitrogens with zero attached hydrogens (tertiary/aromatic N) is 1. The second-order valence-corrected chi connectivity index (χ2v) is 6.39. The summed E-state index contributed by atoms with van der Waals surface area (Å²) in [7, 11) is 4.07. The molecule has 23 heavy (non-hydrogen) atoms. The first-order chi connectivity index (χ1) is 11.0. The Kier molecular flexibility index (Phi) is 6.68. The van der Waals surface area contributed by atoms with Crippen molar-refractivity contribution in [3.63, 3.8) is 0 Å². The number of thiocarbonyl (C=S) groups is 1. The number of benzene rings is 2. The molecule has 2 N–H and O–H groups in total. The predicted molar refractivity (Wildman–Crippen MR) is 103 cm³/mol. The molecular weight excluding hydrogens is 326 g/mol. The van der Waals surface area contributed by atoms with Crippen molar-refractivity contribution in [2.75, 3.05) is 25.5 Å². The number of rotatable bonds is 6. The second-order valence-electron chi connectivity index (χ2n) is 5.55. The van der Waals surface area contributed by atoms with Crippen molar-refractivity contribution >= 4 is 34.6 Å². The number of halogens is 1. The topological polar surface area (TPSA) is 27.3 Å². The first-order valence-corrected chi connectivity index (χ1v) is 8.35. The summed E-state index contributed by atoms with van der Waals surface area (Å²) in [5, 5.41) is 7.89. The van der Waals surface area contributed by atoms with Gasteiger partial charge in [-0.15, -0.1) is 0 Å². The molecule has 0 fully saturated rings. The fourth-order valence-corrected chi connectivity index (χ4v) is 2.43. The van der Waals surface area contributed by atoms with Gasteiger partial charge in [0.2, 0.25) is 0 Å². The molecule has 0 saturated heterocycles. The van der Waals surface area contributed by atoms with Crippen LogP contribution in [0, 0.1) is 0 Å². The van der Waals surface area contributed by atoms with E-state index in [-0.39, 0.29) is 0 Å². The zero-order valence-corrected chi connectivity index (χ0v) is 15.0. The number of nitrogens with one attached hydrogen (secondary N) is 2. The predicted octanol–water partition coefficient (Wildman–Crippen LogP) is 3.61. The third-order valence-electron chi connectivity index (χ3n) is 3.52. The van der Waals surface area contributed by atoms with E-state index in [9.17, 15) is 0 Å². The van der Waals surface area contributed by atoms with Crippen LogP contribution in [0.2, 0.25) is 5.02 Å². The molecule has 0 radical (unpaired) electrons. The molecular formula is C18H22ClN3S. The van der Waals surface area contributed by atoms with E-state index in [2.05, 4.69) is 39.8 Å². The molecule has 0 bridgehead atoms. The molecule has 2 rings (SSSR count). The van der Waals surface area contributed by atoms with Gasteiger partial charge in [0.15, 0.2) is 5.11 Å². The van der Waals surface area contributed by atoms with Crippen LogP contribution in [0.25, 0.3) is 0 Å². The van der Waals surface area contributed by atoms with Crippen LogP contribution in [-0.2, 0) is 13.0 Å². The fraction of sp³-hybridized carbons (Fsp3) is 0.278. The first-order valence-electron chi connectivity index (χ1n) is 7.57. The Balaban J connectivity index is 1.69. The van der Waals surface area contributed by atoms with Crippen LogP contribution >= 0.6 is 23.8 Å². The van der Waals surface area contributed by atoms with Gasteiger partial charge in [0.05, 0.1) is 0 Å². The van der Waals surface area contributed by atoms with E-state index >= 15 is 0 Å². The van der Waals surface area contributed by atoms with Crippen molar-refractivity contribution in [2.45, 2.75) is 13.0 Å².